The second-order valence-electron chi connectivity index (χ2n) is 12.8. The number of aliphatic hydroxyl groups excluding tert-OH is 1. The highest BCUT2D eigenvalue weighted by molar-refractivity contribution is 5.38. The summed E-state index contributed by atoms with van der Waals surface area (Å²) in [5, 5.41) is 10.3. The molecule has 2 fully saturated rings. The van der Waals surface area contributed by atoms with Crippen LogP contribution >= 0.6 is 0 Å². The maximum atomic E-state index is 10.3. The molecular formula is C29H48O. The molecule has 1 N–H and O–H groups in total. The van der Waals surface area contributed by atoms with Gasteiger partial charge in [-0.05, 0) is 111 Å². The van der Waals surface area contributed by atoms with Gasteiger partial charge in [-0.2, -0.15) is 0 Å². The van der Waals surface area contributed by atoms with Crippen molar-refractivity contribution in [2.24, 2.45) is 39.9 Å². The van der Waals surface area contributed by atoms with Crippen molar-refractivity contribution in [2.45, 2.75) is 118 Å². The second-order valence-corrected chi connectivity index (χ2v) is 12.8. The Morgan fingerprint density at radius 3 is 2.43 bits per heavy atom. The number of allylic oxidation sites excluding steroid dienone is 3. The second kappa shape index (κ2) is 7.79. The van der Waals surface area contributed by atoms with Crippen molar-refractivity contribution >= 4 is 0 Å². The first kappa shape index (κ1) is 22.6. The zero-order valence-corrected chi connectivity index (χ0v) is 20.8. The Labute approximate surface area is 186 Å². The van der Waals surface area contributed by atoms with Crippen LogP contribution in [0.3, 0.4) is 0 Å². The van der Waals surface area contributed by atoms with Gasteiger partial charge in [0.2, 0.25) is 0 Å². The smallest absolute Gasteiger partial charge is 0.0543 e. The van der Waals surface area contributed by atoms with Gasteiger partial charge >= 0.3 is 0 Å². The van der Waals surface area contributed by atoms with Gasteiger partial charge < -0.3 is 5.11 Å². The minimum Gasteiger partial charge on any atom is -0.393 e. The molecule has 0 aromatic heterocycles. The minimum atomic E-state index is -0.0491. The topological polar surface area (TPSA) is 20.2 Å². The monoisotopic (exact) mass is 412 g/mol. The molecule has 0 heterocycles. The van der Waals surface area contributed by atoms with Crippen LogP contribution in [0.2, 0.25) is 0 Å². The van der Waals surface area contributed by atoms with E-state index in [1.54, 1.807) is 0 Å². The first-order chi connectivity index (χ1) is 14.0. The summed E-state index contributed by atoms with van der Waals surface area (Å²) in [5.74, 6) is 2.99. The van der Waals surface area contributed by atoms with Crippen LogP contribution in [0.5, 0.6) is 0 Å². The van der Waals surface area contributed by atoms with Crippen LogP contribution in [0.25, 0.3) is 0 Å². The van der Waals surface area contributed by atoms with Crippen LogP contribution in [0.1, 0.15) is 112 Å². The third-order valence-corrected chi connectivity index (χ3v) is 11.3. The van der Waals surface area contributed by atoms with Crippen molar-refractivity contribution in [3.8, 4) is 0 Å². The minimum absolute atomic E-state index is 0.0491. The van der Waals surface area contributed by atoms with E-state index in [4.69, 9.17) is 0 Å². The summed E-state index contributed by atoms with van der Waals surface area (Å²) in [6, 6.07) is 0. The molecule has 30 heavy (non-hydrogen) atoms. The van der Waals surface area contributed by atoms with Gasteiger partial charge in [0.05, 0.1) is 6.10 Å². The average Bonchev–Trinajstić information content (AvgIpc) is 2.97. The fraction of sp³-hybridized carbons (Fsp3) is 0.862. The van der Waals surface area contributed by atoms with E-state index in [1.165, 1.54) is 63.4 Å². The lowest BCUT2D eigenvalue weighted by molar-refractivity contribution is -0.00485. The predicted octanol–water partition coefficient (Wildman–Crippen LogP) is 8.09. The van der Waals surface area contributed by atoms with E-state index in [2.05, 4.69) is 48.1 Å². The lowest BCUT2D eigenvalue weighted by Crippen LogP contribution is -2.49. The van der Waals surface area contributed by atoms with Gasteiger partial charge in [0.25, 0.3) is 0 Å². The fourth-order valence-electron chi connectivity index (χ4n) is 8.68. The average molecular weight is 413 g/mol. The van der Waals surface area contributed by atoms with Gasteiger partial charge in [-0.25, -0.2) is 0 Å². The van der Waals surface area contributed by atoms with Crippen LogP contribution in [0.4, 0.5) is 0 Å². The standard InChI is InChI=1S/C29H48O/c1-19(2)20(3)8-9-21(4)24-13-16-29(7)26-11-10-22-18-23(30)12-15-27(22,5)25(26)14-17-28(24,29)6/h19,21-24,30H,3,8-18H2,1-2,4-7H3/t21-,22?,23?,24-,27+,28-,29+/m1/s1. The summed E-state index contributed by atoms with van der Waals surface area (Å²) < 4.78 is 0. The Hall–Kier alpha value is -0.560. The Morgan fingerprint density at radius 2 is 1.73 bits per heavy atom. The molecule has 7 atom stereocenters. The molecule has 4 aliphatic rings. The molecule has 0 aromatic carbocycles. The van der Waals surface area contributed by atoms with E-state index >= 15 is 0 Å². The van der Waals surface area contributed by atoms with E-state index in [-0.39, 0.29) is 6.10 Å². The molecule has 0 bridgehead atoms. The van der Waals surface area contributed by atoms with Crippen molar-refractivity contribution in [3.05, 3.63) is 23.3 Å². The first-order valence-electron chi connectivity index (χ1n) is 13.1. The maximum Gasteiger partial charge on any atom is 0.0543 e. The third kappa shape index (κ3) is 3.28. The van der Waals surface area contributed by atoms with Crippen LogP contribution in [-0.2, 0) is 0 Å². The van der Waals surface area contributed by atoms with Crippen LogP contribution < -0.4 is 0 Å². The van der Waals surface area contributed by atoms with Crippen molar-refractivity contribution in [2.75, 3.05) is 0 Å². The molecule has 0 spiro atoms. The zero-order chi connectivity index (χ0) is 21.9. The van der Waals surface area contributed by atoms with Crippen molar-refractivity contribution < 1.29 is 5.11 Å². The Kier molecular flexibility index (Phi) is 5.87. The number of aliphatic hydroxyl groups is 1. The van der Waals surface area contributed by atoms with Crippen molar-refractivity contribution in [1.29, 1.82) is 0 Å². The Morgan fingerprint density at radius 1 is 1.00 bits per heavy atom. The van der Waals surface area contributed by atoms with Crippen molar-refractivity contribution in [3.63, 3.8) is 0 Å². The maximum absolute atomic E-state index is 10.3. The van der Waals surface area contributed by atoms with Gasteiger partial charge in [-0.15, -0.1) is 0 Å². The number of hydrogen-bond acceptors (Lipinski definition) is 1. The van der Waals surface area contributed by atoms with E-state index in [9.17, 15) is 5.11 Å². The molecule has 2 saturated carbocycles. The lowest BCUT2D eigenvalue weighted by Gasteiger charge is -2.59. The van der Waals surface area contributed by atoms with E-state index in [1.807, 2.05) is 11.1 Å². The molecule has 0 radical (unpaired) electrons. The fourth-order valence-corrected chi connectivity index (χ4v) is 8.68. The Balaban J connectivity index is 1.59. The summed E-state index contributed by atoms with van der Waals surface area (Å²) in [4.78, 5) is 0. The molecule has 4 rings (SSSR count). The number of hydrogen-bond donors (Lipinski definition) is 1. The van der Waals surface area contributed by atoms with Gasteiger partial charge in [-0.1, -0.05) is 64.8 Å². The normalized spacial score (nSPS) is 44.5. The Bertz CT molecular complexity index is 716. The summed E-state index contributed by atoms with van der Waals surface area (Å²) in [5.41, 5.74) is 6.41. The van der Waals surface area contributed by atoms with Gasteiger partial charge in [-0.3, -0.25) is 0 Å². The zero-order valence-electron chi connectivity index (χ0n) is 20.8. The van der Waals surface area contributed by atoms with Gasteiger partial charge in [0, 0.05) is 0 Å². The molecule has 1 nitrogen and oxygen atoms in total. The molecule has 170 valence electrons. The molecule has 2 unspecified atom stereocenters. The highest BCUT2D eigenvalue weighted by atomic mass is 16.3. The van der Waals surface area contributed by atoms with Crippen molar-refractivity contribution in [1.82, 2.24) is 0 Å². The highest BCUT2D eigenvalue weighted by Crippen LogP contribution is 2.71. The lowest BCUT2D eigenvalue weighted by atomic mass is 9.46. The molecule has 4 aliphatic carbocycles. The number of fused-ring (bicyclic) bond motifs is 4. The largest absolute Gasteiger partial charge is 0.393 e. The van der Waals surface area contributed by atoms with E-state index in [0.717, 1.165) is 24.7 Å². The molecule has 0 aliphatic heterocycles. The van der Waals surface area contributed by atoms with Crippen LogP contribution in [0.15, 0.2) is 23.3 Å². The molecule has 0 aromatic rings. The van der Waals surface area contributed by atoms with Gasteiger partial charge in [0.1, 0.15) is 0 Å². The summed E-state index contributed by atoms with van der Waals surface area (Å²) in [6.45, 7) is 19.4. The molecule has 0 saturated heterocycles. The SMILES string of the molecule is C=C(CC[C@@H](C)[C@H]1CC[C@@]2(C)C3=C(CC[C@]12C)[C@@]1(C)CCC(O)CC1CC3)C(C)C. The van der Waals surface area contributed by atoms with Gasteiger partial charge in [0.15, 0.2) is 0 Å². The quantitative estimate of drug-likeness (QED) is 0.452. The highest BCUT2D eigenvalue weighted by Gasteiger charge is 2.61. The third-order valence-electron chi connectivity index (χ3n) is 11.3. The van der Waals surface area contributed by atoms with Crippen LogP contribution in [-0.4, -0.2) is 11.2 Å². The molecule has 1 heteroatoms. The predicted molar refractivity (Wildman–Crippen MR) is 128 cm³/mol. The summed E-state index contributed by atoms with van der Waals surface area (Å²) in [7, 11) is 0. The summed E-state index contributed by atoms with van der Waals surface area (Å²) in [6.07, 6.45) is 13.9. The summed E-state index contributed by atoms with van der Waals surface area (Å²) >= 11 is 0. The van der Waals surface area contributed by atoms with Crippen LogP contribution in [0, 0.1) is 39.9 Å². The van der Waals surface area contributed by atoms with E-state index < -0.39 is 0 Å². The first-order valence-corrected chi connectivity index (χ1v) is 13.1. The number of rotatable bonds is 5. The van der Waals surface area contributed by atoms with E-state index in [0.29, 0.717) is 28.1 Å². The molecule has 0 amide bonds. The molecular weight excluding hydrogens is 364 g/mol.